The van der Waals surface area contributed by atoms with Crippen LogP contribution in [0.4, 0.5) is 0 Å². The first kappa shape index (κ1) is 16.8. The molecule has 2 aliphatic rings. The third kappa shape index (κ3) is 4.71. The molecular weight excluding hydrogens is 284 g/mol. The van der Waals surface area contributed by atoms with Gasteiger partial charge in [-0.2, -0.15) is 0 Å². The lowest BCUT2D eigenvalue weighted by Crippen LogP contribution is -2.47. The van der Waals surface area contributed by atoms with Crippen LogP contribution < -0.4 is 5.32 Å². The average Bonchev–Trinajstić information content (AvgIpc) is 2.81. The summed E-state index contributed by atoms with van der Waals surface area (Å²) in [5, 5.41) is 12.2. The van der Waals surface area contributed by atoms with Gasteiger partial charge in [0.05, 0.1) is 12.5 Å². The first-order valence-corrected chi connectivity index (χ1v) is 8.38. The average molecular weight is 310 g/mol. The highest BCUT2D eigenvalue weighted by Crippen LogP contribution is 2.24. The maximum absolute atomic E-state index is 12.2. The summed E-state index contributed by atoms with van der Waals surface area (Å²) in [5.41, 5.74) is 0. The quantitative estimate of drug-likeness (QED) is 0.771. The van der Waals surface area contributed by atoms with E-state index in [-0.39, 0.29) is 24.4 Å². The third-order valence-corrected chi connectivity index (χ3v) is 4.69. The second kappa shape index (κ2) is 8.15. The highest BCUT2D eigenvalue weighted by molar-refractivity contribution is 5.85. The monoisotopic (exact) mass is 310 g/mol. The zero-order valence-electron chi connectivity index (χ0n) is 13.1. The molecule has 0 aromatic heterocycles. The summed E-state index contributed by atoms with van der Waals surface area (Å²) in [6.07, 6.45) is 7.52. The van der Waals surface area contributed by atoms with Crippen LogP contribution >= 0.6 is 0 Å². The number of likely N-dealkylation sites (tertiary alicyclic amines) is 1. The van der Waals surface area contributed by atoms with E-state index in [1.54, 1.807) is 4.90 Å². The molecule has 1 saturated heterocycles. The lowest BCUT2D eigenvalue weighted by Gasteiger charge is -2.25. The Labute approximate surface area is 131 Å². The van der Waals surface area contributed by atoms with Crippen LogP contribution in [-0.2, 0) is 14.4 Å². The number of rotatable bonds is 4. The SMILES string of the molecule is O=C(CN1CCCCCC1=O)N[C@H]1CCCCC[C@H]1C(=O)O. The van der Waals surface area contributed by atoms with Crippen molar-refractivity contribution in [2.75, 3.05) is 13.1 Å². The second-order valence-corrected chi connectivity index (χ2v) is 6.38. The molecular formula is C16H26N2O4. The summed E-state index contributed by atoms with van der Waals surface area (Å²) < 4.78 is 0. The van der Waals surface area contributed by atoms with Crippen LogP contribution in [0, 0.1) is 5.92 Å². The molecule has 6 heteroatoms. The highest BCUT2D eigenvalue weighted by atomic mass is 16.4. The molecule has 1 aliphatic heterocycles. The predicted octanol–water partition coefficient (Wildman–Crippen LogP) is 1.54. The maximum Gasteiger partial charge on any atom is 0.308 e. The van der Waals surface area contributed by atoms with E-state index in [1.807, 2.05) is 0 Å². The molecule has 0 aromatic rings. The van der Waals surface area contributed by atoms with Crippen molar-refractivity contribution in [2.45, 2.75) is 63.8 Å². The number of carboxylic acids is 1. The summed E-state index contributed by atoms with van der Waals surface area (Å²) in [4.78, 5) is 37.1. The molecule has 124 valence electrons. The summed E-state index contributed by atoms with van der Waals surface area (Å²) in [5.74, 6) is -1.54. The van der Waals surface area contributed by atoms with E-state index < -0.39 is 11.9 Å². The van der Waals surface area contributed by atoms with Gasteiger partial charge in [-0.15, -0.1) is 0 Å². The molecule has 0 spiro atoms. The van der Waals surface area contributed by atoms with E-state index in [2.05, 4.69) is 5.32 Å². The van der Waals surface area contributed by atoms with Gasteiger partial charge in [-0.05, 0) is 25.7 Å². The van der Waals surface area contributed by atoms with Crippen molar-refractivity contribution in [1.82, 2.24) is 10.2 Å². The summed E-state index contributed by atoms with van der Waals surface area (Å²) in [7, 11) is 0. The molecule has 0 aromatic carbocycles. The molecule has 22 heavy (non-hydrogen) atoms. The Morgan fingerprint density at radius 1 is 1.09 bits per heavy atom. The Hall–Kier alpha value is -1.59. The van der Waals surface area contributed by atoms with Gasteiger partial charge in [0, 0.05) is 19.0 Å². The molecule has 2 N–H and O–H groups in total. The van der Waals surface area contributed by atoms with Crippen LogP contribution in [-0.4, -0.2) is 46.9 Å². The Morgan fingerprint density at radius 3 is 2.59 bits per heavy atom. The Balaban J connectivity index is 1.91. The van der Waals surface area contributed by atoms with Crippen LogP contribution in [0.3, 0.4) is 0 Å². The number of hydrogen-bond donors (Lipinski definition) is 2. The first-order chi connectivity index (χ1) is 10.6. The normalized spacial score (nSPS) is 26.9. The van der Waals surface area contributed by atoms with Crippen LogP contribution in [0.2, 0.25) is 0 Å². The number of nitrogens with zero attached hydrogens (tertiary/aromatic N) is 1. The van der Waals surface area contributed by atoms with Crippen molar-refractivity contribution in [3.63, 3.8) is 0 Å². The highest BCUT2D eigenvalue weighted by Gasteiger charge is 2.31. The van der Waals surface area contributed by atoms with Gasteiger partial charge < -0.3 is 15.3 Å². The molecule has 0 bridgehead atoms. The minimum Gasteiger partial charge on any atom is -0.481 e. The molecule has 1 saturated carbocycles. The zero-order valence-corrected chi connectivity index (χ0v) is 13.1. The first-order valence-electron chi connectivity index (χ1n) is 8.38. The number of carbonyl (C=O) groups excluding carboxylic acids is 2. The minimum atomic E-state index is -0.835. The third-order valence-electron chi connectivity index (χ3n) is 4.69. The van der Waals surface area contributed by atoms with Crippen LogP contribution in [0.25, 0.3) is 0 Å². The fraction of sp³-hybridized carbons (Fsp3) is 0.812. The maximum atomic E-state index is 12.2. The van der Waals surface area contributed by atoms with Crippen molar-refractivity contribution in [1.29, 1.82) is 0 Å². The number of aliphatic carboxylic acids is 1. The standard InChI is InChI=1S/C16H26N2O4/c19-14(11-18-10-6-2-5-9-15(18)20)17-13-8-4-1-3-7-12(13)16(21)22/h12-13H,1-11H2,(H,17,19)(H,21,22)/t12-,13+/m1/s1. The van der Waals surface area contributed by atoms with Gasteiger partial charge in [0.1, 0.15) is 0 Å². The van der Waals surface area contributed by atoms with Crippen molar-refractivity contribution in [3.8, 4) is 0 Å². The Bertz CT molecular complexity index is 424. The number of carbonyl (C=O) groups is 3. The van der Waals surface area contributed by atoms with Crippen molar-refractivity contribution in [2.24, 2.45) is 5.92 Å². The Morgan fingerprint density at radius 2 is 1.82 bits per heavy atom. The Kier molecular flexibility index (Phi) is 6.21. The fourth-order valence-corrected chi connectivity index (χ4v) is 3.41. The largest absolute Gasteiger partial charge is 0.481 e. The number of carboxylic acid groups (broad SMARTS) is 1. The zero-order chi connectivity index (χ0) is 15.9. The van der Waals surface area contributed by atoms with Crippen molar-refractivity contribution >= 4 is 17.8 Å². The minimum absolute atomic E-state index is 0.0308. The molecule has 2 fully saturated rings. The molecule has 2 atom stereocenters. The summed E-state index contributed by atoms with van der Waals surface area (Å²) >= 11 is 0. The van der Waals surface area contributed by atoms with E-state index >= 15 is 0 Å². The van der Waals surface area contributed by atoms with Gasteiger partial charge in [-0.1, -0.05) is 25.7 Å². The topological polar surface area (TPSA) is 86.7 Å². The smallest absolute Gasteiger partial charge is 0.308 e. The van der Waals surface area contributed by atoms with Gasteiger partial charge in [0.2, 0.25) is 11.8 Å². The van der Waals surface area contributed by atoms with Gasteiger partial charge in [-0.3, -0.25) is 14.4 Å². The van der Waals surface area contributed by atoms with Gasteiger partial charge in [0.25, 0.3) is 0 Å². The van der Waals surface area contributed by atoms with Crippen LogP contribution in [0.15, 0.2) is 0 Å². The second-order valence-electron chi connectivity index (χ2n) is 6.38. The van der Waals surface area contributed by atoms with Crippen LogP contribution in [0.1, 0.15) is 57.8 Å². The van der Waals surface area contributed by atoms with E-state index in [1.165, 1.54) is 0 Å². The lowest BCUT2D eigenvalue weighted by molar-refractivity contribution is -0.143. The van der Waals surface area contributed by atoms with Gasteiger partial charge in [0.15, 0.2) is 0 Å². The van der Waals surface area contributed by atoms with E-state index in [4.69, 9.17) is 0 Å². The van der Waals surface area contributed by atoms with E-state index in [9.17, 15) is 19.5 Å². The van der Waals surface area contributed by atoms with E-state index in [0.29, 0.717) is 25.8 Å². The molecule has 0 radical (unpaired) electrons. The number of amides is 2. The molecule has 2 amide bonds. The molecule has 6 nitrogen and oxygen atoms in total. The van der Waals surface area contributed by atoms with Crippen molar-refractivity contribution < 1.29 is 19.5 Å². The van der Waals surface area contributed by atoms with Crippen LogP contribution in [0.5, 0.6) is 0 Å². The fourth-order valence-electron chi connectivity index (χ4n) is 3.41. The predicted molar refractivity (Wildman–Crippen MR) is 81.2 cm³/mol. The molecule has 0 unspecified atom stereocenters. The van der Waals surface area contributed by atoms with Crippen molar-refractivity contribution in [3.05, 3.63) is 0 Å². The van der Waals surface area contributed by atoms with Gasteiger partial charge in [-0.25, -0.2) is 0 Å². The number of nitrogens with one attached hydrogen (secondary N) is 1. The lowest BCUT2D eigenvalue weighted by atomic mass is 9.95. The molecule has 1 heterocycles. The van der Waals surface area contributed by atoms with E-state index in [0.717, 1.165) is 38.5 Å². The summed E-state index contributed by atoms with van der Waals surface area (Å²) in [6.45, 7) is 0.681. The number of hydrogen-bond acceptors (Lipinski definition) is 3. The molecule has 2 rings (SSSR count). The van der Waals surface area contributed by atoms with Gasteiger partial charge >= 0.3 is 5.97 Å². The molecule has 1 aliphatic carbocycles. The summed E-state index contributed by atoms with van der Waals surface area (Å²) in [6, 6.07) is -0.311.